The van der Waals surface area contributed by atoms with Crippen molar-refractivity contribution in [3.63, 3.8) is 0 Å². The summed E-state index contributed by atoms with van der Waals surface area (Å²) in [7, 11) is -2.56. The Hall–Kier alpha value is -2.05. The van der Waals surface area contributed by atoms with Crippen LogP contribution in [0.15, 0.2) is 53.4 Å². The van der Waals surface area contributed by atoms with Crippen molar-refractivity contribution in [3.05, 3.63) is 53.6 Å². The van der Waals surface area contributed by atoms with Crippen LogP contribution >= 0.6 is 11.6 Å². The van der Waals surface area contributed by atoms with Gasteiger partial charge in [0, 0.05) is 6.92 Å². The highest BCUT2D eigenvalue weighted by Crippen LogP contribution is 2.31. The van der Waals surface area contributed by atoms with E-state index in [4.69, 9.17) is 16.3 Å². The largest absolute Gasteiger partial charge is 0.495 e. The summed E-state index contributed by atoms with van der Waals surface area (Å²) < 4.78 is 31.1. The van der Waals surface area contributed by atoms with Crippen molar-refractivity contribution in [1.29, 1.82) is 0 Å². The first kappa shape index (κ1) is 16.3. The van der Waals surface area contributed by atoms with Crippen LogP contribution in [-0.4, -0.2) is 21.4 Å². The summed E-state index contributed by atoms with van der Waals surface area (Å²) in [5.41, 5.74) is 0.155. The van der Waals surface area contributed by atoms with Gasteiger partial charge in [-0.05, 0) is 30.3 Å². The molecule has 0 aliphatic rings. The van der Waals surface area contributed by atoms with Crippen molar-refractivity contribution >= 4 is 33.2 Å². The molecule has 0 aliphatic heterocycles. The minimum Gasteiger partial charge on any atom is -0.495 e. The molecule has 0 fully saturated rings. The topological polar surface area (TPSA) is 63.7 Å². The second kappa shape index (κ2) is 6.37. The molecule has 0 radical (unpaired) electrons. The first-order chi connectivity index (χ1) is 10.4. The number of rotatable bonds is 4. The van der Waals surface area contributed by atoms with Crippen LogP contribution in [0.1, 0.15) is 6.92 Å². The maximum Gasteiger partial charge on any atom is 0.270 e. The van der Waals surface area contributed by atoms with Crippen molar-refractivity contribution < 1.29 is 17.9 Å². The number of sulfonamides is 1. The molecule has 0 saturated carbocycles. The Morgan fingerprint density at radius 2 is 1.77 bits per heavy atom. The van der Waals surface area contributed by atoms with E-state index in [9.17, 15) is 13.2 Å². The minimum atomic E-state index is -4.01. The maximum absolute atomic E-state index is 12.7. The molecule has 22 heavy (non-hydrogen) atoms. The number of anilines is 1. The van der Waals surface area contributed by atoms with E-state index in [1.165, 1.54) is 44.4 Å². The van der Waals surface area contributed by atoms with Gasteiger partial charge < -0.3 is 4.74 Å². The first-order valence-electron chi connectivity index (χ1n) is 6.32. The summed E-state index contributed by atoms with van der Waals surface area (Å²) in [6.45, 7) is 1.18. The maximum atomic E-state index is 12.7. The molecule has 0 aliphatic carbocycles. The molecule has 7 heteroatoms. The number of benzene rings is 2. The SMILES string of the molecule is COc1ccc(N(C(C)=O)S(=O)(=O)c2ccccc2)cc1Cl. The minimum absolute atomic E-state index is 0.0251. The molecular formula is C15H14ClNO4S. The van der Waals surface area contributed by atoms with Gasteiger partial charge in [0.15, 0.2) is 0 Å². The number of carbonyl (C=O) groups is 1. The van der Waals surface area contributed by atoms with Gasteiger partial charge in [-0.2, -0.15) is 0 Å². The summed E-state index contributed by atoms with van der Waals surface area (Å²) in [5, 5.41) is 0.217. The molecular weight excluding hydrogens is 326 g/mol. The van der Waals surface area contributed by atoms with E-state index >= 15 is 0 Å². The van der Waals surface area contributed by atoms with Crippen LogP contribution in [-0.2, 0) is 14.8 Å². The summed E-state index contributed by atoms with van der Waals surface area (Å²) in [6, 6.07) is 12.1. The molecule has 0 aromatic heterocycles. The molecule has 2 aromatic carbocycles. The number of carbonyl (C=O) groups excluding carboxylic acids is 1. The standard InChI is InChI=1S/C15H14ClNO4S/c1-11(18)17(12-8-9-15(21-2)14(16)10-12)22(19,20)13-6-4-3-5-7-13/h3-10H,1-2H3. The van der Waals surface area contributed by atoms with Crippen molar-refractivity contribution in [1.82, 2.24) is 0 Å². The number of hydrogen-bond acceptors (Lipinski definition) is 4. The number of methoxy groups -OCH3 is 1. The summed E-state index contributed by atoms with van der Waals surface area (Å²) in [6.07, 6.45) is 0. The van der Waals surface area contributed by atoms with E-state index in [1.54, 1.807) is 18.2 Å². The Bertz CT molecular complexity index is 790. The van der Waals surface area contributed by atoms with Gasteiger partial charge in [-0.3, -0.25) is 4.79 Å². The highest BCUT2D eigenvalue weighted by Gasteiger charge is 2.28. The third kappa shape index (κ3) is 3.08. The van der Waals surface area contributed by atoms with Gasteiger partial charge in [0.2, 0.25) is 5.91 Å². The number of ether oxygens (including phenoxy) is 1. The van der Waals surface area contributed by atoms with Crippen LogP contribution in [0, 0.1) is 0 Å². The molecule has 0 atom stereocenters. The van der Waals surface area contributed by atoms with Gasteiger partial charge in [0.1, 0.15) is 5.75 Å². The lowest BCUT2D eigenvalue weighted by molar-refractivity contribution is -0.115. The van der Waals surface area contributed by atoms with Gasteiger partial charge >= 0.3 is 0 Å². The molecule has 5 nitrogen and oxygen atoms in total. The average molecular weight is 340 g/mol. The zero-order valence-corrected chi connectivity index (χ0v) is 13.6. The molecule has 2 aromatic rings. The number of halogens is 1. The Kier molecular flexibility index (Phi) is 4.73. The smallest absolute Gasteiger partial charge is 0.270 e. The van der Waals surface area contributed by atoms with Gasteiger partial charge in [-0.25, -0.2) is 12.7 Å². The molecule has 0 spiro atoms. The second-order valence-electron chi connectivity index (χ2n) is 4.42. The van der Waals surface area contributed by atoms with E-state index in [-0.39, 0.29) is 15.6 Å². The van der Waals surface area contributed by atoms with Crippen LogP contribution < -0.4 is 9.04 Å². The molecule has 0 bridgehead atoms. The molecule has 2 rings (SSSR count). The molecule has 1 amide bonds. The molecule has 0 heterocycles. The highest BCUT2D eigenvalue weighted by molar-refractivity contribution is 7.93. The van der Waals surface area contributed by atoms with Crippen LogP contribution in [0.4, 0.5) is 5.69 Å². The predicted molar refractivity (Wildman–Crippen MR) is 84.8 cm³/mol. The lowest BCUT2D eigenvalue weighted by atomic mass is 10.3. The monoisotopic (exact) mass is 339 g/mol. The Morgan fingerprint density at radius 3 is 2.27 bits per heavy atom. The first-order valence-corrected chi connectivity index (χ1v) is 8.14. The molecule has 0 unspecified atom stereocenters. The summed E-state index contributed by atoms with van der Waals surface area (Å²) in [5.74, 6) is -0.240. The number of amides is 1. The van der Waals surface area contributed by atoms with Crippen LogP contribution in [0.2, 0.25) is 5.02 Å². The zero-order valence-electron chi connectivity index (χ0n) is 12.0. The van der Waals surface area contributed by atoms with E-state index < -0.39 is 15.9 Å². The normalized spacial score (nSPS) is 11.0. The van der Waals surface area contributed by atoms with Crippen molar-refractivity contribution in [2.75, 3.05) is 11.4 Å². The van der Waals surface area contributed by atoms with Crippen molar-refractivity contribution in [2.45, 2.75) is 11.8 Å². The van der Waals surface area contributed by atoms with Crippen LogP contribution in [0.5, 0.6) is 5.75 Å². The molecule has 116 valence electrons. The van der Waals surface area contributed by atoms with E-state index in [0.29, 0.717) is 10.1 Å². The summed E-state index contributed by atoms with van der Waals surface area (Å²) >= 11 is 6.02. The van der Waals surface area contributed by atoms with E-state index in [1.807, 2.05) is 0 Å². The zero-order chi connectivity index (χ0) is 16.3. The Morgan fingerprint density at radius 1 is 1.14 bits per heavy atom. The highest BCUT2D eigenvalue weighted by atomic mass is 35.5. The van der Waals surface area contributed by atoms with Crippen LogP contribution in [0.3, 0.4) is 0 Å². The quantitative estimate of drug-likeness (QED) is 0.858. The molecule has 0 N–H and O–H groups in total. The Balaban J connectivity index is 2.56. The molecule has 0 saturated heterocycles. The van der Waals surface area contributed by atoms with Gasteiger partial charge in [0.05, 0.1) is 22.7 Å². The Labute approximate surface area is 134 Å². The lowest BCUT2D eigenvalue weighted by Gasteiger charge is -2.21. The lowest BCUT2D eigenvalue weighted by Crippen LogP contribution is -2.35. The fraction of sp³-hybridized carbons (Fsp3) is 0.133. The average Bonchev–Trinajstić information content (AvgIpc) is 2.48. The van der Waals surface area contributed by atoms with Gasteiger partial charge in [-0.15, -0.1) is 0 Å². The third-order valence-corrected chi connectivity index (χ3v) is 5.05. The third-order valence-electron chi connectivity index (χ3n) is 2.94. The number of hydrogen-bond donors (Lipinski definition) is 0. The van der Waals surface area contributed by atoms with E-state index in [0.717, 1.165) is 0 Å². The summed E-state index contributed by atoms with van der Waals surface area (Å²) in [4.78, 5) is 11.9. The van der Waals surface area contributed by atoms with Gasteiger partial charge in [0.25, 0.3) is 10.0 Å². The fourth-order valence-corrected chi connectivity index (χ4v) is 3.66. The second-order valence-corrected chi connectivity index (χ2v) is 6.61. The van der Waals surface area contributed by atoms with Gasteiger partial charge in [-0.1, -0.05) is 29.8 Å². The van der Waals surface area contributed by atoms with E-state index in [2.05, 4.69) is 0 Å². The van der Waals surface area contributed by atoms with Crippen LogP contribution in [0.25, 0.3) is 0 Å². The fourth-order valence-electron chi connectivity index (χ4n) is 1.97. The van der Waals surface area contributed by atoms with Crippen molar-refractivity contribution in [3.8, 4) is 5.75 Å². The predicted octanol–water partition coefficient (Wildman–Crippen LogP) is 3.09. The van der Waals surface area contributed by atoms with Crippen molar-refractivity contribution in [2.24, 2.45) is 0 Å². The number of nitrogens with zero attached hydrogens (tertiary/aromatic N) is 1.